The normalized spacial score (nSPS) is 10.3. The molecular weight excluding hydrogens is 252 g/mol. The summed E-state index contributed by atoms with van der Waals surface area (Å²) < 4.78 is 0. The van der Waals surface area contributed by atoms with E-state index in [0.717, 1.165) is 11.3 Å². The highest BCUT2D eigenvalue weighted by Gasteiger charge is 2.08. The number of rotatable bonds is 4. The highest BCUT2D eigenvalue weighted by Crippen LogP contribution is 2.18. The summed E-state index contributed by atoms with van der Waals surface area (Å²) in [5.41, 5.74) is 2.15. The van der Waals surface area contributed by atoms with E-state index in [1.54, 1.807) is 12.3 Å². The molecule has 0 unspecified atom stereocenters. The molecule has 0 aliphatic carbocycles. The molecule has 0 fully saturated rings. The van der Waals surface area contributed by atoms with E-state index in [1.807, 2.05) is 36.2 Å². The van der Waals surface area contributed by atoms with Gasteiger partial charge < -0.3 is 15.0 Å². The lowest BCUT2D eigenvalue weighted by Gasteiger charge is -2.18. The van der Waals surface area contributed by atoms with Crippen molar-refractivity contribution in [1.82, 2.24) is 4.98 Å². The van der Waals surface area contributed by atoms with Crippen molar-refractivity contribution in [2.75, 3.05) is 11.9 Å². The standard InChI is InChI=1S/C13H13ClN2O2/c1-16(11-4-2-10(14)3-5-11)8-9-6-12(13(17)18)15-7-9/h2-7,15H,8H2,1H3,(H,17,18). The Hall–Kier alpha value is -1.94. The molecule has 0 amide bonds. The minimum Gasteiger partial charge on any atom is -0.477 e. The first-order valence-electron chi connectivity index (χ1n) is 5.43. The second-order valence-corrected chi connectivity index (χ2v) is 4.50. The first-order chi connectivity index (χ1) is 8.56. The summed E-state index contributed by atoms with van der Waals surface area (Å²) in [5, 5.41) is 9.52. The Kier molecular flexibility index (Phi) is 3.58. The predicted octanol–water partition coefficient (Wildman–Crippen LogP) is 3.00. The van der Waals surface area contributed by atoms with Crippen LogP contribution in [-0.4, -0.2) is 23.1 Å². The van der Waals surface area contributed by atoms with E-state index in [2.05, 4.69) is 4.98 Å². The van der Waals surface area contributed by atoms with Crippen LogP contribution in [0, 0.1) is 0 Å². The highest BCUT2D eigenvalue weighted by molar-refractivity contribution is 6.30. The van der Waals surface area contributed by atoms with Crippen LogP contribution >= 0.6 is 11.6 Å². The third-order valence-electron chi connectivity index (χ3n) is 2.66. The average molecular weight is 265 g/mol. The minimum atomic E-state index is -0.949. The van der Waals surface area contributed by atoms with Crippen LogP contribution < -0.4 is 4.90 Å². The van der Waals surface area contributed by atoms with E-state index in [-0.39, 0.29) is 5.69 Å². The van der Waals surface area contributed by atoms with Gasteiger partial charge in [-0.25, -0.2) is 4.79 Å². The third kappa shape index (κ3) is 2.84. The molecule has 0 aliphatic heterocycles. The Morgan fingerprint density at radius 2 is 2.06 bits per heavy atom. The molecule has 0 saturated carbocycles. The molecular formula is C13H13ClN2O2. The lowest BCUT2D eigenvalue weighted by atomic mass is 10.2. The van der Waals surface area contributed by atoms with Crippen LogP contribution in [-0.2, 0) is 6.54 Å². The van der Waals surface area contributed by atoms with Gasteiger partial charge in [0.2, 0.25) is 0 Å². The van der Waals surface area contributed by atoms with Gasteiger partial charge in [0.15, 0.2) is 0 Å². The van der Waals surface area contributed by atoms with Crippen LogP contribution in [0.5, 0.6) is 0 Å². The van der Waals surface area contributed by atoms with Gasteiger partial charge in [-0.1, -0.05) is 11.6 Å². The lowest BCUT2D eigenvalue weighted by Crippen LogP contribution is -2.15. The first-order valence-corrected chi connectivity index (χ1v) is 5.81. The van der Waals surface area contributed by atoms with E-state index in [1.165, 1.54) is 0 Å². The summed E-state index contributed by atoms with van der Waals surface area (Å²) in [6.07, 6.45) is 1.70. The molecule has 2 rings (SSSR count). The number of halogens is 1. The van der Waals surface area contributed by atoms with Gasteiger partial charge >= 0.3 is 5.97 Å². The maximum Gasteiger partial charge on any atom is 0.352 e. The van der Waals surface area contributed by atoms with Crippen molar-refractivity contribution in [2.24, 2.45) is 0 Å². The van der Waals surface area contributed by atoms with Crippen molar-refractivity contribution in [1.29, 1.82) is 0 Å². The van der Waals surface area contributed by atoms with Crippen LogP contribution in [0.1, 0.15) is 16.1 Å². The van der Waals surface area contributed by atoms with Gasteiger partial charge in [-0.15, -0.1) is 0 Å². The number of anilines is 1. The molecule has 94 valence electrons. The van der Waals surface area contributed by atoms with Gasteiger partial charge in [0.25, 0.3) is 0 Å². The molecule has 2 N–H and O–H groups in total. The maximum atomic E-state index is 10.7. The molecule has 0 saturated heterocycles. The number of carboxylic acids is 1. The quantitative estimate of drug-likeness (QED) is 0.893. The second-order valence-electron chi connectivity index (χ2n) is 4.06. The smallest absolute Gasteiger partial charge is 0.352 e. The molecule has 5 heteroatoms. The molecule has 0 spiro atoms. The zero-order chi connectivity index (χ0) is 13.1. The fourth-order valence-electron chi connectivity index (χ4n) is 1.71. The molecule has 0 aliphatic rings. The fraction of sp³-hybridized carbons (Fsp3) is 0.154. The molecule has 1 heterocycles. The van der Waals surface area contributed by atoms with Crippen LogP contribution in [0.15, 0.2) is 36.5 Å². The topological polar surface area (TPSA) is 56.3 Å². The molecule has 18 heavy (non-hydrogen) atoms. The zero-order valence-electron chi connectivity index (χ0n) is 9.85. The van der Waals surface area contributed by atoms with Crippen molar-refractivity contribution in [3.8, 4) is 0 Å². The average Bonchev–Trinajstić information content (AvgIpc) is 2.78. The number of nitrogens with one attached hydrogen (secondary N) is 1. The number of carbonyl (C=O) groups is 1. The van der Waals surface area contributed by atoms with Gasteiger partial charge in [-0.2, -0.15) is 0 Å². The Morgan fingerprint density at radius 1 is 1.39 bits per heavy atom. The Morgan fingerprint density at radius 3 is 2.61 bits per heavy atom. The van der Waals surface area contributed by atoms with E-state index >= 15 is 0 Å². The number of hydrogen-bond donors (Lipinski definition) is 2. The molecule has 0 radical (unpaired) electrons. The second kappa shape index (κ2) is 5.14. The van der Waals surface area contributed by atoms with Crippen LogP contribution in [0.4, 0.5) is 5.69 Å². The number of aromatic nitrogens is 1. The lowest BCUT2D eigenvalue weighted by molar-refractivity contribution is 0.0691. The number of H-pyrrole nitrogens is 1. The summed E-state index contributed by atoms with van der Waals surface area (Å²) in [7, 11) is 1.94. The summed E-state index contributed by atoms with van der Waals surface area (Å²) in [4.78, 5) is 15.5. The number of benzene rings is 1. The molecule has 1 aromatic carbocycles. The number of hydrogen-bond acceptors (Lipinski definition) is 2. The van der Waals surface area contributed by atoms with E-state index < -0.39 is 5.97 Å². The van der Waals surface area contributed by atoms with E-state index in [4.69, 9.17) is 16.7 Å². The third-order valence-corrected chi connectivity index (χ3v) is 2.91. The van der Waals surface area contributed by atoms with E-state index in [0.29, 0.717) is 11.6 Å². The van der Waals surface area contributed by atoms with Gasteiger partial charge in [0.05, 0.1) is 0 Å². The summed E-state index contributed by atoms with van der Waals surface area (Å²) in [6, 6.07) is 9.13. The Labute approximate surface area is 110 Å². The van der Waals surface area contributed by atoms with E-state index in [9.17, 15) is 4.79 Å². The SMILES string of the molecule is CN(Cc1c[nH]c(C(=O)O)c1)c1ccc(Cl)cc1. The first kappa shape index (κ1) is 12.5. The summed E-state index contributed by atoms with van der Waals surface area (Å²) in [6.45, 7) is 0.630. The largest absolute Gasteiger partial charge is 0.477 e. The number of aromatic amines is 1. The molecule has 0 bridgehead atoms. The van der Waals surface area contributed by atoms with Crippen molar-refractivity contribution in [3.05, 3.63) is 52.8 Å². The zero-order valence-corrected chi connectivity index (χ0v) is 10.6. The van der Waals surface area contributed by atoms with Crippen molar-refractivity contribution in [2.45, 2.75) is 6.54 Å². The number of carboxylic acid groups (broad SMARTS) is 1. The summed E-state index contributed by atoms with van der Waals surface area (Å²) in [5.74, 6) is -0.949. The fourth-order valence-corrected chi connectivity index (χ4v) is 1.84. The minimum absolute atomic E-state index is 0.203. The van der Waals surface area contributed by atoms with Crippen LogP contribution in [0.3, 0.4) is 0 Å². The van der Waals surface area contributed by atoms with Crippen LogP contribution in [0.25, 0.3) is 0 Å². The Bertz CT molecular complexity index is 548. The van der Waals surface area contributed by atoms with Gasteiger partial charge in [0, 0.05) is 30.5 Å². The number of aromatic carboxylic acids is 1. The number of nitrogens with zero attached hydrogens (tertiary/aromatic N) is 1. The van der Waals surface area contributed by atoms with Gasteiger partial charge in [-0.05, 0) is 35.9 Å². The van der Waals surface area contributed by atoms with Crippen molar-refractivity contribution >= 4 is 23.3 Å². The van der Waals surface area contributed by atoms with Gasteiger partial charge in [0.1, 0.15) is 5.69 Å². The summed E-state index contributed by atoms with van der Waals surface area (Å²) >= 11 is 5.83. The maximum absolute atomic E-state index is 10.7. The molecule has 1 aromatic heterocycles. The van der Waals surface area contributed by atoms with Crippen molar-refractivity contribution < 1.29 is 9.90 Å². The highest BCUT2D eigenvalue weighted by atomic mass is 35.5. The monoisotopic (exact) mass is 264 g/mol. The van der Waals surface area contributed by atoms with Crippen LogP contribution in [0.2, 0.25) is 5.02 Å². The van der Waals surface area contributed by atoms with Crippen molar-refractivity contribution in [3.63, 3.8) is 0 Å². The Balaban J connectivity index is 2.08. The molecule has 0 atom stereocenters. The predicted molar refractivity (Wildman–Crippen MR) is 71.3 cm³/mol. The molecule has 2 aromatic rings. The van der Waals surface area contributed by atoms with Gasteiger partial charge in [-0.3, -0.25) is 0 Å². The molecule has 4 nitrogen and oxygen atoms in total.